The Balaban J connectivity index is 1.25. The van der Waals surface area contributed by atoms with Crippen LogP contribution in [0.25, 0.3) is 10.9 Å². The van der Waals surface area contributed by atoms with Gasteiger partial charge in [0.25, 0.3) is 0 Å². The van der Waals surface area contributed by atoms with E-state index in [2.05, 4.69) is 15.6 Å². The highest BCUT2D eigenvalue weighted by Gasteiger charge is 2.47. The molecule has 3 amide bonds. The SMILES string of the molecule is CC(NC(=O)OC(C)(C)C)[C@H]1CC[C@H](C(=O)N2CC[C@@H](C3CCCCC3)[C@H]2C(=O)Nc2ccc3ncccc3c2)CC1. The van der Waals surface area contributed by atoms with E-state index in [1.165, 1.54) is 19.3 Å². The Hall–Kier alpha value is -3.16. The number of nitrogens with one attached hydrogen (secondary N) is 2. The third-order valence-corrected chi connectivity index (χ3v) is 9.69. The van der Waals surface area contributed by atoms with Gasteiger partial charge in [-0.3, -0.25) is 14.6 Å². The van der Waals surface area contributed by atoms with Crippen LogP contribution in [0, 0.1) is 23.7 Å². The molecule has 2 heterocycles. The van der Waals surface area contributed by atoms with Crippen molar-refractivity contribution in [1.82, 2.24) is 15.2 Å². The smallest absolute Gasteiger partial charge is 0.407 e. The molecule has 228 valence electrons. The number of likely N-dealkylation sites (tertiary alicyclic amines) is 1. The van der Waals surface area contributed by atoms with Crippen molar-refractivity contribution in [1.29, 1.82) is 0 Å². The Labute approximate surface area is 250 Å². The van der Waals surface area contributed by atoms with Crippen LogP contribution in [-0.4, -0.2) is 52.0 Å². The Morgan fingerprint density at radius 3 is 2.43 bits per heavy atom. The van der Waals surface area contributed by atoms with Gasteiger partial charge in [-0.2, -0.15) is 0 Å². The van der Waals surface area contributed by atoms with Gasteiger partial charge in [0.1, 0.15) is 11.6 Å². The Morgan fingerprint density at radius 2 is 1.71 bits per heavy atom. The summed E-state index contributed by atoms with van der Waals surface area (Å²) in [4.78, 5) is 46.6. The minimum Gasteiger partial charge on any atom is -0.444 e. The van der Waals surface area contributed by atoms with Crippen molar-refractivity contribution < 1.29 is 19.1 Å². The standard InChI is InChI=1S/C34H48N4O4/c1-22(36-33(41)42-34(2,3)4)23-12-14-25(15-13-23)32(40)38-20-18-28(24-9-6-5-7-10-24)30(38)31(39)37-27-16-17-29-26(21-27)11-8-19-35-29/h8,11,16-17,19,21-25,28,30H,5-7,9-10,12-15,18,20H2,1-4H3,(H,36,41)(H,37,39)/t22?,23-,25-,28-,30-/m0/s1. The number of aromatic nitrogens is 1. The van der Waals surface area contributed by atoms with Gasteiger partial charge in [-0.15, -0.1) is 0 Å². The molecule has 8 nitrogen and oxygen atoms in total. The van der Waals surface area contributed by atoms with Gasteiger partial charge >= 0.3 is 6.09 Å². The monoisotopic (exact) mass is 576 g/mol. The number of hydrogen-bond donors (Lipinski definition) is 2. The molecular formula is C34H48N4O4. The molecule has 2 aromatic rings. The van der Waals surface area contributed by atoms with Gasteiger partial charge in [-0.1, -0.05) is 38.2 Å². The topological polar surface area (TPSA) is 101 Å². The maximum Gasteiger partial charge on any atom is 0.407 e. The lowest BCUT2D eigenvalue weighted by atomic mass is 9.76. The fourth-order valence-corrected chi connectivity index (χ4v) is 7.54. The zero-order valence-electron chi connectivity index (χ0n) is 25.7. The van der Waals surface area contributed by atoms with E-state index in [1.54, 1.807) is 6.20 Å². The van der Waals surface area contributed by atoms with E-state index in [-0.39, 0.29) is 29.7 Å². The number of carbonyl (C=O) groups excluding carboxylic acids is 3. The van der Waals surface area contributed by atoms with Crippen molar-refractivity contribution in [3.8, 4) is 0 Å². The molecule has 1 aromatic heterocycles. The largest absolute Gasteiger partial charge is 0.444 e. The number of anilines is 1. The number of nitrogens with zero attached hydrogens (tertiary/aromatic N) is 2. The molecule has 42 heavy (non-hydrogen) atoms. The van der Waals surface area contributed by atoms with E-state index in [1.807, 2.05) is 62.9 Å². The van der Waals surface area contributed by atoms with Crippen molar-refractivity contribution in [3.63, 3.8) is 0 Å². The minimum absolute atomic E-state index is 0.0194. The fraction of sp³-hybridized carbons (Fsp3) is 0.647. The molecule has 3 atom stereocenters. The zero-order chi connectivity index (χ0) is 29.9. The molecule has 1 saturated heterocycles. The molecule has 0 bridgehead atoms. The number of pyridine rings is 1. The molecule has 2 saturated carbocycles. The second kappa shape index (κ2) is 13.0. The average molecular weight is 577 g/mol. The van der Waals surface area contributed by atoms with Crippen LogP contribution in [0.15, 0.2) is 36.5 Å². The first-order valence-corrected chi connectivity index (χ1v) is 16.0. The fourth-order valence-electron chi connectivity index (χ4n) is 7.54. The lowest BCUT2D eigenvalue weighted by molar-refractivity contribution is -0.142. The zero-order valence-corrected chi connectivity index (χ0v) is 25.7. The van der Waals surface area contributed by atoms with E-state index >= 15 is 0 Å². The van der Waals surface area contributed by atoms with Crippen LogP contribution in [0.2, 0.25) is 0 Å². The van der Waals surface area contributed by atoms with E-state index < -0.39 is 17.7 Å². The van der Waals surface area contributed by atoms with Crippen molar-refractivity contribution in [2.45, 2.75) is 110 Å². The van der Waals surface area contributed by atoms with Crippen LogP contribution in [0.3, 0.4) is 0 Å². The first-order valence-electron chi connectivity index (χ1n) is 16.0. The predicted molar refractivity (Wildman–Crippen MR) is 165 cm³/mol. The number of fused-ring (bicyclic) bond motifs is 1. The molecule has 0 radical (unpaired) electrons. The lowest BCUT2D eigenvalue weighted by Crippen LogP contribution is -2.50. The van der Waals surface area contributed by atoms with E-state index in [4.69, 9.17) is 4.74 Å². The number of amides is 3. The highest BCUT2D eigenvalue weighted by molar-refractivity contribution is 5.99. The average Bonchev–Trinajstić information content (AvgIpc) is 3.42. The van der Waals surface area contributed by atoms with Gasteiger partial charge in [-0.05, 0) is 102 Å². The van der Waals surface area contributed by atoms with Crippen LogP contribution in [0.1, 0.15) is 91.9 Å². The van der Waals surface area contributed by atoms with Gasteiger partial charge in [-0.25, -0.2) is 4.79 Å². The third-order valence-electron chi connectivity index (χ3n) is 9.69. The summed E-state index contributed by atoms with van der Waals surface area (Å²) in [6.45, 7) is 8.25. The van der Waals surface area contributed by atoms with E-state index in [0.717, 1.165) is 61.5 Å². The molecule has 1 aromatic carbocycles. The van der Waals surface area contributed by atoms with Crippen LogP contribution in [-0.2, 0) is 14.3 Å². The summed E-state index contributed by atoms with van der Waals surface area (Å²) in [6.07, 6.45) is 11.5. The maximum absolute atomic E-state index is 14.0. The van der Waals surface area contributed by atoms with Gasteiger partial charge in [0.15, 0.2) is 0 Å². The summed E-state index contributed by atoms with van der Waals surface area (Å²) < 4.78 is 5.43. The number of carbonyl (C=O) groups is 3. The molecule has 1 aliphatic heterocycles. The van der Waals surface area contributed by atoms with Gasteiger partial charge in [0.2, 0.25) is 11.8 Å². The summed E-state index contributed by atoms with van der Waals surface area (Å²) in [5.74, 6) is 0.971. The highest BCUT2D eigenvalue weighted by Crippen LogP contribution is 2.41. The molecule has 1 unspecified atom stereocenters. The van der Waals surface area contributed by atoms with Crippen LogP contribution >= 0.6 is 0 Å². The maximum atomic E-state index is 14.0. The van der Waals surface area contributed by atoms with Crippen molar-refractivity contribution in [3.05, 3.63) is 36.5 Å². The molecule has 2 N–H and O–H groups in total. The molecule has 5 rings (SSSR count). The van der Waals surface area contributed by atoms with Gasteiger partial charge < -0.3 is 20.3 Å². The minimum atomic E-state index is -0.534. The van der Waals surface area contributed by atoms with E-state index in [9.17, 15) is 14.4 Å². The summed E-state index contributed by atoms with van der Waals surface area (Å²) in [5, 5.41) is 7.14. The number of rotatable bonds is 6. The summed E-state index contributed by atoms with van der Waals surface area (Å²) >= 11 is 0. The quantitative estimate of drug-likeness (QED) is 0.399. The molecule has 8 heteroatoms. The van der Waals surface area contributed by atoms with Gasteiger partial charge in [0.05, 0.1) is 5.52 Å². The van der Waals surface area contributed by atoms with Crippen LogP contribution in [0.4, 0.5) is 10.5 Å². The van der Waals surface area contributed by atoms with Crippen molar-refractivity contribution in [2.24, 2.45) is 23.7 Å². The molecule has 2 aliphatic carbocycles. The summed E-state index contributed by atoms with van der Waals surface area (Å²) in [5.41, 5.74) is 1.10. The Morgan fingerprint density at radius 1 is 0.976 bits per heavy atom. The highest BCUT2D eigenvalue weighted by atomic mass is 16.6. The summed E-state index contributed by atoms with van der Waals surface area (Å²) in [7, 11) is 0. The van der Waals surface area contributed by atoms with E-state index in [0.29, 0.717) is 18.4 Å². The lowest BCUT2D eigenvalue weighted by Gasteiger charge is -2.37. The predicted octanol–water partition coefficient (Wildman–Crippen LogP) is 6.69. The normalized spacial score (nSPS) is 26.0. The third kappa shape index (κ3) is 7.24. The molecule has 3 aliphatic rings. The second-order valence-electron chi connectivity index (χ2n) is 13.8. The van der Waals surface area contributed by atoms with Crippen molar-refractivity contribution in [2.75, 3.05) is 11.9 Å². The Kier molecular flexibility index (Phi) is 9.38. The first kappa shape index (κ1) is 30.3. The number of alkyl carbamates (subject to hydrolysis) is 1. The number of hydrogen-bond acceptors (Lipinski definition) is 5. The number of ether oxygens (including phenoxy) is 1. The first-order chi connectivity index (χ1) is 20.1. The second-order valence-corrected chi connectivity index (χ2v) is 13.8. The van der Waals surface area contributed by atoms with Crippen molar-refractivity contribution >= 4 is 34.5 Å². The van der Waals surface area contributed by atoms with Crippen LogP contribution < -0.4 is 10.6 Å². The van der Waals surface area contributed by atoms with Crippen LogP contribution in [0.5, 0.6) is 0 Å². The number of benzene rings is 1. The molecule has 0 spiro atoms. The Bertz CT molecular complexity index is 1260. The summed E-state index contributed by atoms with van der Waals surface area (Å²) in [6, 6.07) is 9.23. The molecule has 3 fully saturated rings. The van der Waals surface area contributed by atoms with Gasteiger partial charge in [0, 0.05) is 35.8 Å². The molecular weight excluding hydrogens is 528 g/mol.